The number of benzene rings is 1. The quantitative estimate of drug-likeness (QED) is 0.878. The number of hydrogen-bond donors (Lipinski definition) is 1. The molecular formula is C11H9FN2O3. The van der Waals surface area contributed by atoms with E-state index in [0.717, 1.165) is 0 Å². The van der Waals surface area contributed by atoms with Crippen LogP contribution in [0.25, 0.3) is 0 Å². The molecule has 0 spiro atoms. The average Bonchev–Trinajstić information content (AvgIpc) is 2.75. The van der Waals surface area contributed by atoms with Crippen LogP contribution in [0.5, 0.6) is 5.75 Å². The monoisotopic (exact) mass is 236 g/mol. The van der Waals surface area contributed by atoms with Crippen molar-refractivity contribution in [3.8, 4) is 5.75 Å². The van der Waals surface area contributed by atoms with E-state index in [9.17, 15) is 9.18 Å². The van der Waals surface area contributed by atoms with Gasteiger partial charge in [0.25, 0.3) is 0 Å². The van der Waals surface area contributed by atoms with Crippen molar-refractivity contribution < 1.29 is 19.0 Å². The first-order valence-corrected chi connectivity index (χ1v) is 4.80. The minimum Gasteiger partial charge on any atom is -0.476 e. The zero-order chi connectivity index (χ0) is 12.3. The maximum Gasteiger partial charge on any atom is 0.356 e. The van der Waals surface area contributed by atoms with Gasteiger partial charge >= 0.3 is 5.97 Å². The average molecular weight is 236 g/mol. The summed E-state index contributed by atoms with van der Waals surface area (Å²) in [7, 11) is 0. The van der Waals surface area contributed by atoms with Crippen LogP contribution in [0, 0.1) is 5.82 Å². The molecule has 0 atom stereocenters. The van der Waals surface area contributed by atoms with Gasteiger partial charge < -0.3 is 9.84 Å². The molecule has 5 nitrogen and oxygen atoms in total. The lowest BCUT2D eigenvalue weighted by Crippen LogP contribution is -2.07. The highest BCUT2D eigenvalue weighted by Gasteiger charge is 2.06. The number of halogens is 1. The maximum absolute atomic E-state index is 12.8. The van der Waals surface area contributed by atoms with Gasteiger partial charge in [-0.3, -0.25) is 0 Å². The number of rotatable bonds is 4. The second-order valence-corrected chi connectivity index (χ2v) is 3.28. The van der Waals surface area contributed by atoms with Crippen LogP contribution in [-0.2, 0) is 6.73 Å². The van der Waals surface area contributed by atoms with E-state index in [4.69, 9.17) is 9.84 Å². The third-order valence-electron chi connectivity index (χ3n) is 2.02. The summed E-state index contributed by atoms with van der Waals surface area (Å²) >= 11 is 0. The summed E-state index contributed by atoms with van der Waals surface area (Å²) in [5, 5.41) is 12.4. The van der Waals surface area contributed by atoms with Gasteiger partial charge in [-0.1, -0.05) is 6.07 Å². The summed E-state index contributed by atoms with van der Waals surface area (Å²) in [6.07, 6.45) is 1.47. The molecule has 6 heteroatoms. The van der Waals surface area contributed by atoms with Crippen molar-refractivity contribution in [3.05, 3.63) is 48.0 Å². The van der Waals surface area contributed by atoms with Gasteiger partial charge in [-0.05, 0) is 18.2 Å². The highest BCUT2D eigenvalue weighted by molar-refractivity contribution is 5.84. The number of ether oxygens (including phenoxy) is 1. The largest absolute Gasteiger partial charge is 0.476 e. The molecule has 2 rings (SSSR count). The van der Waals surface area contributed by atoms with Gasteiger partial charge in [-0.15, -0.1) is 0 Å². The molecule has 0 radical (unpaired) electrons. The molecule has 1 aromatic heterocycles. The fourth-order valence-corrected chi connectivity index (χ4v) is 1.25. The van der Waals surface area contributed by atoms with E-state index in [1.165, 1.54) is 35.1 Å². The zero-order valence-corrected chi connectivity index (χ0v) is 8.71. The molecule has 0 aliphatic carbocycles. The first-order valence-electron chi connectivity index (χ1n) is 4.80. The number of carboxylic acids is 1. The van der Waals surface area contributed by atoms with Gasteiger partial charge in [-0.2, -0.15) is 5.10 Å². The number of carbonyl (C=O) groups is 1. The van der Waals surface area contributed by atoms with Crippen LogP contribution in [0.3, 0.4) is 0 Å². The minimum atomic E-state index is -1.10. The molecule has 0 fully saturated rings. The summed E-state index contributed by atoms with van der Waals surface area (Å²) in [6.45, 7) is 0.0245. The Morgan fingerprint density at radius 2 is 2.29 bits per heavy atom. The fraction of sp³-hybridized carbons (Fsp3) is 0.0909. The predicted molar refractivity (Wildman–Crippen MR) is 56.2 cm³/mol. The molecule has 1 aromatic carbocycles. The first kappa shape index (κ1) is 11.1. The van der Waals surface area contributed by atoms with Crippen molar-refractivity contribution in [2.24, 2.45) is 0 Å². The van der Waals surface area contributed by atoms with Crippen molar-refractivity contribution in [1.29, 1.82) is 0 Å². The second kappa shape index (κ2) is 4.65. The molecule has 1 heterocycles. The van der Waals surface area contributed by atoms with Gasteiger partial charge in [-0.25, -0.2) is 13.9 Å². The van der Waals surface area contributed by atoms with Crippen molar-refractivity contribution in [2.45, 2.75) is 6.73 Å². The molecular weight excluding hydrogens is 227 g/mol. The summed E-state index contributed by atoms with van der Waals surface area (Å²) in [5.41, 5.74) is -0.0622. The Hall–Kier alpha value is -2.37. The molecule has 2 aromatic rings. The smallest absolute Gasteiger partial charge is 0.356 e. The lowest BCUT2D eigenvalue weighted by molar-refractivity contribution is 0.0688. The Kier molecular flexibility index (Phi) is 3.04. The molecule has 0 saturated carbocycles. The highest BCUT2D eigenvalue weighted by atomic mass is 19.1. The predicted octanol–water partition coefficient (Wildman–Crippen LogP) is 1.76. The van der Waals surface area contributed by atoms with E-state index in [1.807, 2.05) is 0 Å². The van der Waals surface area contributed by atoms with Crippen LogP contribution in [0.4, 0.5) is 4.39 Å². The van der Waals surface area contributed by atoms with E-state index >= 15 is 0 Å². The van der Waals surface area contributed by atoms with Gasteiger partial charge in [0, 0.05) is 12.3 Å². The van der Waals surface area contributed by atoms with Crippen molar-refractivity contribution in [3.63, 3.8) is 0 Å². The topological polar surface area (TPSA) is 64.3 Å². The van der Waals surface area contributed by atoms with Crippen LogP contribution in [-0.4, -0.2) is 20.9 Å². The summed E-state index contributed by atoms with van der Waals surface area (Å²) < 4.78 is 19.4. The van der Waals surface area contributed by atoms with E-state index in [1.54, 1.807) is 6.07 Å². The molecule has 0 amide bonds. The Morgan fingerprint density at radius 3 is 2.94 bits per heavy atom. The lowest BCUT2D eigenvalue weighted by atomic mass is 10.3. The Balaban J connectivity index is 2.00. The minimum absolute atomic E-state index is 0.0245. The molecule has 0 saturated heterocycles. The van der Waals surface area contributed by atoms with E-state index in [-0.39, 0.29) is 12.4 Å². The number of hydrogen-bond acceptors (Lipinski definition) is 3. The number of aromatic nitrogens is 2. The lowest BCUT2D eigenvalue weighted by Gasteiger charge is -2.05. The Labute approximate surface area is 96.1 Å². The summed E-state index contributed by atoms with van der Waals surface area (Å²) in [6, 6.07) is 7.03. The molecule has 0 aliphatic heterocycles. The van der Waals surface area contributed by atoms with E-state index in [0.29, 0.717) is 5.75 Å². The Bertz CT molecular complexity index is 539. The molecule has 0 bridgehead atoms. The van der Waals surface area contributed by atoms with Crippen LogP contribution >= 0.6 is 0 Å². The third kappa shape index (κ3) is 2.81. The van der Waals surface area contributed by atoms with Gasteiger partial charge in [0.1, 0.15) is 11.6 Å². The van der Waals surface area contributed by atoms with E-state index < -0.39 is 11.8 Å². The van der Waals surface area contributed by atoms with E-state index in [2.05, 4.69) is 5.10 Å². The second-order valence-electron chi connectivity index (χ2n) is 3.28. The zero-order valence-electron chi connectivity index (χ0n) is 8.71. The number of carboxylic acid groups (broad SMARTS) is 1. The standard InChI is InChI=1S/C11H9FN2O3/c12-8-2-1-3-9(6-8)17-7-14-5-4-10(13-14)11(15)16/h1-6H,7H2,(H,15,16). The molecule has 0 aliphatic rings. The number of aromatic carboxylic acids is 1. The van der Waals surface area contributed by atoms with Crippen LogP contribution in [0.15, 0.2) is 36.5 Å². The molecule has 1 N–H and O–H groups in total. The SMILES string of the molecule is O=C(O)c1ccn(COc2cccc(F)c2)n1. The third-order valence-corrected chi connectivity index (χ3v) is 2.02. The van der Waals surface area contributed by atoms with Crippen LogP contribution in [0.1, 0.15) is 10.5 Å². The van der Waals surface area contributed by atoms with Crippen LogP contribution < -0.4 is 4.74 Å². The van der Waals surface area contributed by atoms with Gasteiger partial charge in [0.05, 0.1) is 0 Å². The molecule has 0 unspecified atom stereocenters. The van der Waals surface area contributed by atoms with Gasteiger partial charge in [0.2, 0.25) is 0 Å². The van der Waals surface area contributed by atoms with Crippen molar-refractivity contribution >= 4 is 5.97 Å². The van der Waals surface area contributed by atoms with Gasteiger partial charge in [0.15, 0.2) is 12.4 Å². The Morgan fingerprint density at radius 1 is 1.47 bits per heavy atom. The highest BCUT2D eigenvalue weighted by Crippen LogP contribution is 2.12. The van der Waals surface area contributed by atoms with Crippen molar-refractivity contribution in [2.75, 3.05) is 0 Å². The molecule has 17 heavy (non-hydrogen) atoms. The van der Waals surface area contributed by atoms with Crippen LogP contribution in [0.2, 0.25) is 0 Å². The fourth-order valence-electron chi connectivity index (χ4n) is 1.25. The van der Waals surface area contributed by atoms with Crippen molar-refractivity contribution in [1.82, 2.24) is 9.78 Å². The summed E-state index contributed by atoms with van der Waals surface area (Å²) in [5.74, 6) is -1.14. The maximum atomic E-state index is 12.8. The number of nitrogens with zero attached hydrogens (tertiary/aromatic N) is 2. The summed E-state index contributed by atoms with van der Waals surface area (Å²) in [4.78, 5) is 10.6. The normalized spacial score (nSPS) is 10.2. The first-order chi connectivity index (χ1) is 8.15. The molecule has 88 valence electrons.